The van der Waals surface area contributed by atoms with Crippen LogP contribution in [0.4, 0.5) is 0 Å². The van der Waals surface area contributed by atoms with E-state index in [1.807, 2.05) is 68.6 Å². The summed E-state index contributed by atoms with van der Waals surface area (Å²) in [6, 6.07) is 15.9. The van der Waals surface area contributed by atoms with Crippen molar-refractivity contribution in [3.8, 4) is 16.9 Å². The molecular weight excluding hydrogens is 480 g/mol. The number of benzene rings is 2. The van der Waals surface area contributed by atoms with Gasteiger partial charge in [0.1, 0.15) is 17.9 Å². The van der Waals surface area contributed by atoms with E-state index >= 15 is 0 Å². The Bertz CT molecular complexity index is 1070. The lowest BCUT2D eigenvalue weighted by atomic mass is 10.0. The van der Waals surface area contributed by atoms with E-state index in [1.165, 1.54) is 25.9 Å². The maximum Gasteiger partial charge on any atom is 0.247 e. The maximum absolute atomic E-state index is 12.9. The number of hydrogen-bond acceptors (Lipinski definition) is 4. The highest BCUT2D eigenvalue weighted by atomic mass is 79.9. The van der Waals surface area contributed by atoms with Gasteiger partial charge in [0.05, 0.1) is 6.20 Å². The number of carbonyl (C=O) groups is 1. The summed E-state index contributed by atoms with van der Waals surface area (Å²) in [6.45, 7) is 8.26. The van der Waals surface area contributed by atoms with Crippen molar-refractivity contribution in [3.63, 3.8) is 0 Å². The van der Waals surface area contributed by atoms with Gasteiger partial charge in [0, 0.05) is 29.3 Å². The van der Waals surface area contributed by atoms with Gasteiger partial charge in [0.15, 0.2) is 0 Å². The standard InChI is InChI=1S/C26H31BrN4O2/c1-26(2,25(32)28-17-21-7-3-4-8-24(21)27)31-19-22(18-29-31)20-9-11-23(12-10-20)33-16-15-30-13-5-6-14-30/h3-4,7-12,18-19H,5-6,13-17H2,1-2H3,(H,28,32). The van der Waals surface area contributed by atoms with Gasteiger partial charge >= 0.3 is 0 Å². The minimum absolute atomic E-state index is 0.0883. The molecule has 1 saturated heterocycles. The second kappa shape index (κ2) is 10.5. The quantitative estimate of drug-likeness (QED) is 0.447. The Morgan fingerprint density at radius 1 is 1.09 bits per heavy atom. The van der Waals surface area contributed by atoms with E-state index < -0.39 is 5.54 Å². The van der Waals surface area contributed by atoms with Crippen molar-refractivity contribution in [2.24, 2.45) is 0 Å². The van der Waals surface area contributed by atoms with Crippen molar-refractivity contribution in [3.05, 3.63) is 71.0 Å². The van der Waals surface area contributed by atoms with Crippen molar-refractivity contribution in [2.75, 3.05) is 26.2 Å². The molecule has 0 bridgehead atoms. The minimum atomic E-state index is -0.821. The summed E-state index contributed by atoms with van der Waals surface area (Å²) in [5, 5.41) is 7.51. The van der Waals surface area contributed by atoms with Gasteiger partial charge < -0.3 is 10.1 Å². The van der Waals surface area contributed by atoms with Gasteiger partial charge in [-0.25, -0.2) is 0 Å². The molecule has 1 aliphatic heterocycles. The molecule has 0 aliphatic carbocycles. The van der Waals surface area contributed by atoms with Crippen LogP contribution in [0.25, 0.3) is 11.1 Å². The number of carbonyl (C=O) groups excluding carboxylic acids is 1. The average Bonchev–Trinajstić information content (AvgIpc) is 3.52. The number of amides is 1. The minimum Gasteiger partial charge on any atom is -0.492 e. The Labute approximate surface area is 204 Å². The molecule has 33 heavy (non-hydrogen) atoms. The Kier molecular flexibility index (Phi) is 7.50. The highest BCUT2D eigenvalue weighted by Crippen LogP contribution is 2.25. The molecule has 3 aromatic rings. The van der Waals surface area contributed by atoms with E-state index in [2.05, 4.69) is 31.2 Å². The molecule has 0 spiro atoms. The molecule has 1 fully saturated rings. The monoisotopic (exact) mass is 510 g/mol. The van der Waals surface area contributed by atoms with Gasteiger partial charge in [-0.05, 0) is 69.1 Å². The predicted octanol–water partition coefficient (Wildman–Crippen LogP) is 4.84. The van der Waals surface area contributed by atoms with Crippen LogP contribution in [0.15, 0.2) is 65.4 Å². The van der Waals surface area contributed by atoms with Crippen LogP contribution in [0.5, 0.6) is 5.75 Å². The smallest absolute Gasteiger partial charge is 0.247 e. The molecule has 174 valence electrons. The molecule has 6 nitrogen and oxygen atoms in total. The first kappa shape index (κ1) is 23.5. The molecule has 1 aromatic heterocycles. The number of aromatic nitrogens is 2. The Morgan fingerprint density at radius 2 is 1.82 bits per heavy atom. The molecule has 2 heterocycles. The zero-order chi connectivity index (χ0) is 23.3. The third kappa shape index (κ3) is 5.84. The molecule has 0 unspecified atom stereocenters. The number of rotatable bonds is 9. The largest absolute Gasteiger partial charge is 0.492 e. The number of nitrogens with one attached hydrogen (secondary N) is 1. The van der Waals surface area contributed by atoms with E-state index in [4.69, 9.17) is 4.74 Å². The number of hydrogen-bond donors (Lipinski definition) is 1. The van der Waals surface area contributed by atoms with Crippen molar-refractivity contribution in [1.82, 2.24) is 20.0 Å². The Morgan fingerprint density at radius 3 is 2.55 bits per heavy atom. The van der Waals surface area contributed by atoms with Gasteiger partial charge in [-0.2, -0.15) is 5.10 Å². The van der Waals surface area contributed by atoms with Crippen LogP contribution < -0.4 is 10.1 Å². The number of ether oxygens (including phenoxy) is 1. The highest BCUT2D eigenvalue weighted by molar-refractivity contribution is 9.10. The number of halogens is 1. The summed E-state index contributed by atoms with van der Waals surface area (Å²) in [4.78, 5) is 15.4. The van der Waals surface area contributed by atoms with Crippen LogP contribution in [-0.2, 0) is 16.9 Å². The van der Waals surface area contributed by atoms with Gasteiger partial charge in [0.25, 0.3) is 0 Å². The van der Waals surface area contributed by atoms with Crippen LogP contribution in [-0.4, -0.2) is 46.8 Å². The fourth-order valence-electron chi connectivity index (χ4n) is 3.96. The van der Waals surface area contributed by atoms with Crippen LogP contribution in [0.2, 0.25) is 0 Å². The molecule has 4 rings (SSSR count). The normalized spacial score (nSPS) is 14.4. The number of nitrogens with zero attached hydrogens (tertiary/aromatic N) is 3. The van der Waals surface area contributed by atoms with E-state index in [-0.39, 0.29) is 5.91 Å². The average molecular weight is 511 g/mol. The summed E-state index contributed by atoms with van der Waals surface area (Å²) in [6.07, 6.45) is 6.31. The fraction of sp³-hybridized carbons (Fsp3) is 0.385. The van der Waals surface area contributed by atoms with Crippen molar-refractivity contribution in [2.45, 2.75) is 38.8 Å². The summed E-state index contributed by atoms with van der Waals surface area (Å²) in [5.74, 6) is 0.784. The number of likely N-dealkylation sites (tertiary alicyclic amines) is 1. The highest BCUT2D eigenvalue weighted by Gasteiger charge is 2.30. The van der Waals surface area contributed by atoms with E-state index in [9.17, 15) is 4.79 Å². The lowest BCUT2D eigenvalue weighted by Crippen LogP contribution is -2.44. The zero-order valence-corrected chi connectivity index (χ0v) is 20.8. The first-order valence-corrected chi connectivity index (χ1v) is 12.3. The summed E-state index contributed by atoms with van der Waals surface area (Å²) in [7, 11) is 0. The molecule has 1 amide bonds. The molecular formula is C26H31BrN4O2. The SMILES string of the molecule is CC(C)(C(=O)NCc1ccccc1Br)n1cc(-c2ccc(OCCN3CCCC3)cc2)cn1. The first-order chi connectivity index (χ1) is 15.9. The van der Waals surface area contributed by atoms with Gasteiger partial charge in [-0.3, -0.25) is 14.4 Å². The van der Waals surface area contributed by atoms with Crippen LogP contribution in [0.1, 0.15) is 32.3 Å². The van der Waals surface area contributed by atoms with Crippen molar-refractivity contribution < 1.29 is 9.53 Å². The topological polar surface area (TPSA) is 59.4 Å². The molecule has 0 saturated carbocycles. The summed E-state index contributed by atoms with van der Waals surface area (Å²) in [5.41, 5.74) is 2.21. The lowest BCUT2D eigenvalue weighted by Gasteiger charge is -2.24. The van der Waals surface area contributed by atoms with Crippen molar-refractivity contribution in [1.29, 1.82) is 0 Å². The van der Waals surface area contributed by atoms with E-state index in [1.54, 1.807) is 10.9 Å². The lowest BCUT2D eigenvalue weighted by molar-refractivity contribution is -0.129. The van der Waals surface area contributed by atoms with Crippen LogP contribution in [0, 0.1) is 0 Å². The van der Waals surface area contributed by atoms with Crippen LogP contribution in [0.3, 0.4) is 0 Å². The molecule has 0 radical (unpaired) electrons. The Balaban J connectivity index is 1.34. The fourth-order valence-corrected chi connectivity index (χ4v) is 4.38. The molecule has 7 heteroatoms. The van der Waals surface area contributed by atoms with Gasteiger partial charge in [-0.1, -0.05) is 46.3 Å². The van der Waals surface area contributed by atoms with Gasteiger partial charge in [0.2, 0.25) is 5.91 Å². The maximum atomic E-state index is 12.9. The van der Waals surface area contributed by atoms with E-state index in [0.717, 1.165) is 33.5 Å². The summed E-state index contributed by atoms with van der Waals surface area (Å²) < 4.78 is 8.60. The first-order valence-electron chi connectivity index (χ1n) is 11.5. The Hall–Kier alpha value is -2.64. The second-order valence-corrected chi connectivity index (χ2v) is 9.78. The predicted molar refractivity (Wildman–Crippen MR) is 134 cm³/mol. The summed E-state index contributed by atoms with van der Waals surface area (Å²) >= 11 is 3.53. The molecule has 1 N–H and O–H groups in total. The second-order valence-electron chi connectivity index (χ2n) is 8.93. The molecule has 0 atom stereocenters. The van der Waals surface area contributed by atoms with E-state index in [0.29, 0.717) is 13.2 Å². The third-order valence-corrected chi connectivity index (χ3v) is 6.94. The van der Waals surface area contributed by atoms with Crippen LogP contribution >= 0.6 is 15.9 Å². The van der Waals surface area contributed by atoms with Gasteiger partial charge in [-0.15, -0.1) is 0 Å². The molecule has 2 aromatic carbocycles. The third-order valence-electron chi connectivity index (χ3n) is 6.17. The molecule has 1 aliphatic rings. The van der Waals surface area contributed by atoms with Crippen molar-refractivity contribution >= 4 is 21.8 Å². The zero-order valence-electron chi connectivity index (χ0n) is 19.3.